The number of halogens is 4. The predicted molar refractivity (Wildman–Crippen MR) is 109 cm³/mol. The molecule has 0 saturated carbocycles. The van der Waals surface area contributed by atoms with E-state index in [1.807, 2.05) is 0 Å². The van der Waals surface area contributed by atoms with Gasteiger partial charge in [-0.3, -0.25) is 4.79 Å². The number of amides is 1. The molecule has 0 spiro atoms. The maximum absolute atomic E-state index is 12.9. The van der Waals surface area contributed by atoms with Crippen molar-refractivity contribution in [2.45, 2.75) is 11.1 Å². The predicted octanol–water partition coefficient (Wildman–Crippen LogP) is 3.85. The van der Waals surface area contributed by atoms with Crippen molar-refractivity contribution in [2.24, 2.45) is 0 Å². The number of rotatable bonds is 2. The van der Waals surface area contributed by atoms with Crippen molar-refractivity contribution in [3.05, 3.63) is 64.6 Å². The van der Waals surface area contributed by atoms with Crippen LogP contribution in [0.15, 0.2) is 52.8 Å². The molecule has 0 unspecified atom stereocenters. The average molecular weight is 459 g/mol. The molecule has 0 aliphatic carbocycles. The molecule has 160 valence electrons. The van der Waals surface area contributed by atoms with Crippen molar-refractivity contribution < 1.29 is 26.4 Å². The van der Waals surface area contributed by atoms with Crippen molar-refractivity contribution >= 4 is 39.9 Å². The number of hydrogen-bond donors (Lipinski definition) is 0. The number of hydrogen-bond acceptors (Lipinski definition) is 4. The fourth-order valence-corrected chi connectivity index (χ4v) is 4.81. The standard InChI is InChI=1S/C20H17F3N2O3S.ClH/c21-20(22,23)14-3-1-4-15(13-14)24-8-10-25(11-9-24)19(26)17-5-2-6-18-16(17)7-12-29(18,27)28;/h1-7,12-13H,8-11H2;1H. The van der Waals surface area contributed by atoms with Crippen LogP contribution in [0.25, 0.3) is 6.08 Å². The summed E-state index contributed by atoms with van der Waals surface area (Å²) in [5.74, 6) is -0.285. The lowest BCUT2D eigenvalue weighted by Crippen LogP contribution is -2.49. The second kappa shape index (κ2) is 7.96. The number of sulfone groups is 1. The Morgan fingerprint density at radius 3 is 2.30 bits per heavy atom. The Hall–Kier alpha value is -2.52. The maximum atomic E-state index is 12.9. The number of anilines is 1. The molecule has 2 aromatic rings. The van der Waals surface area contributed by atoms with Gasteiger partial charge in [-0.1, -0.05) is 12.1 Å². The third kappa shape index (κ3) is 4.04. The molecular formula is C20H18ClF3N2O3S. The second-order valence-corrected chi connectivity index (χ2v) is 8.69. The molecule has 2 aromatic carbocycles. The number of carbonyl (C=O) groups excluding carboxylic acids is 1. The third-order valence-electron chi connectivity index (χ3n) is 5.12. The van der Waals surface area contributed by atoms with Crippen molar-refractivity contribution in [1.82, 2.24) is 4.90 Å². The first kappa shape index (κ1) is 22.2. The highest BCUT2D eigenvalue weighted by Crippen LogP contribution is 2.33. The first-order valence-corrected chi connectivity index (χ1v) is 10.5. The Balaban J connectivity index is 0.00000256. The lowest BCUT2D eigenvalue weighted by molar-refractivity contribution is -0.137. The quantitative estimate of drug-likeness (QED) is 0.686. The molecular weight excluding hydrogens is 441 g/mol. The topological polar surface area (TPSA) is 57.7 Å². The Morgan fingerprint density at radius 2 is 1.63 bits per heavy atom. The van der Waals surface area contributed by atoms with E-state index in [2.05, 4.69) is 0 Å². The van der Waals surface area contributed by atoms with E-state index in [9.17, 15) is 26.4 Å². The number of carbonyl (C=O) groups is 1. The summed E-state index contributed by atoms with van der Waals surface area (Å²) in [6.07, 6.45) is -2.98. The van der Waals surface area contributed by atoms with E-state index >= 15 is 0 Å². The van der Waals surface area contributed by atoms with Crippen molar-refractivity contribution in [2.75, 3.05) is 31.1 Å². The van der Waals surface area contributed by atoms with Gasteiger partial charge in [0.05, 0.1) is 10.5 Å². The molecule has 1 fully saturated rings. The number of piperazine rings is 1. The van der Waals surface area contributed by atoms with Gasteiger partial charge in [0, 0.05) is 48.4 Å². The molecule has 0 N–H and O–H groups in total. The van der Waals surface area contributed by atoms with Crippen LogP contribution >= 0.6 is 12.4 Å². The Morgan fingerprint density at radius 1 is 0.967 bits per heavy atom. The summed E-state index contributed by atoms with van der Waals surface area (Å²) in [5.41, 5.74) is 0.452. The van der Waals surface area contributed by atoms with E-state index in [1.165, 1.54) is 24.3 Å². The molecule has 30 heavy (non-hydrogen) atoms. The van der Waals surface area contributed by atoms with E-state index in [0.29, 0.717) is 43.0 Å². The first-order chi connectivity index (χ1) is 13.7. The lowest BCUT2D eigenvalue weighted by Gasteiger charge is -2.36. The summed E-state index contributed by atoms with van der Waals surface area (Å²) in [6, 6.07) is 9.72. The van der Waals surface area contributed by atoms with Gasteiger partial charge < -0.3 is 9.80 Å². The molecule has 0 bridgehead atoms. The molecule has 0 aromatic heterocycles. The van der Waals surface area contributed by atoms with Gasteiger partial charge >= 0.3 is 6.18 Å². The van der Waals surface area contributed by atoms with E-state index in [4.69, 9.17) is 0 Å². The number of alkyl halides is 3. The summed E-state index contributed by atoms with van der Waals surface area (Å²) < 4.78 is 62.8. The molecule has 1 saturated heterocycles. The zero-order valence-corrected chi connectivity index (χ0v) is 17.2. The van der Waals surface area contributed by atoms with Crippen LogP contribution in [0, 0.1) is 0 Å². The largest absolute Gasteiger partial charge is 0.416 e. The van der Waals surface area contributed by atoms with Gasteiger partial charge in [-0.2, -0.15) is 13.2 Å². The van der Waals surface area contributed by atoms with Gasteiger partial charge in [-0.15, -0.1) is 12.4 Å². The van der Waals surface area contributed by atoms with Gasteiger partial charge in [0.25, 0.3) is 5.91 Å². The van der Waals surface area contributed by atoms with Crippen LogP contribution < -0.4 is 4.90 Å². The first-order valence-electron chi connectivity index (χ1n) is 8.94. The van der Waals surface area contributed by atoms with Crippen molar-refractivity contribution in [3.8, 4) is 0 Å². The van der Waals surface area contributed by atoms with Crippen LogP contribution in [0.4, 0.5) is 18.9 Å². The molecule has 0 atom stereocenters. The summed E-state index contributed by atoms with van der Waals surface area (Å²) in [7, 11) is -3.50. The second-order valence-electron chi connectivity index (χ2n) is 6.89. The molecule has 0 radical (unpaired) electrons. The van der Waals surface area contributed by atoms with E-state index < -0.39 is 21.6 Å². The molecule has 2 heterocycles. The van der Waals surface area contributed by atoms with Crippen LogP contribution in [0.5, 0.6) is 0 Å². The normalized spacial score (nSPS) is 17.4. The highest BCUT2D eigenvalue weighted by atomic mass is 35.5. The molecule has 2 aliphatic rings. The molecule has 10 heteroatoms. The smallest absolute Gasteiger partial charge is 0.368 e. The Kier molecular flexibility index (Phi) is 5.88. The van der Waals surface area contributed by atoms with Crippen molar-refractivity contribution in [3.63, 3.8) is 0 Å². The minimum atomic E-state index is -4.41. The van der Waals surface area contributed by atoms with Gasteiger partial charge in [0.2, 0.25) is 0 Å². The zero-order chi connectivity index (χ0) is 20.8. The summed E-state index contributed by atoms with van der Waals surface area (Å²) in [4.78, 5) is 16.4. The fraction of sp³-hybridized carbons (Fsp3) is 0.250. The van der Waals surface area contributed by atoms with Gasteiger partial charge in [-0.05, 0) is 36.4 Å². The average Bonchev–Trinajstić information content (AvgIpc) is 3.02. The fourth-order valence-electron chi connectivity index (χ4n) is 3.60. The summed E-state index contributed by atoms with van der Waals surface area (Å²) >= 11 is 0. The number of benzene rings is 2. The van der Waals surface area contributed by atoms with Crippen LogP contribution in [0.3, 0.4) is 0 Å². The van der Waals surface area contributed by atoms with Gasteiger partial charge in [0.15, 0.2) is 9.84 Å². The highest BCUT2D eigenvalue weighted by molar-refractivity contribution is 7.94. The van der Waals surface area contributed by atoms with Crippen LogP contribution in [-0.2, 0) is 16.0 Å². The lowest BCUT2D eigenvalue weighted by atomic mass is 10.1. The molecule has 5 nitrogen and oxygen atoms in total. The molecule has 1 amide bonds. The van der Waals surface area contributed by atoms with E-state index in [0.717, 1.165) is 17.5 Å². The SMILES string of the molecule is Cl.O=C(c1cccc2c1C=CS2(=O)=O)N1CCN(c2cccc(C(F)(F)F)c2)CC1. The monoisotopic (exact) mass is 458 g/mol. The Labute approximate surface area is 178 Å². The van der Waals surface area contributed by atoms with Crippen LogP contribution in [-0.4, -0.2) is 45.4 Å². The Bertz CT molecular complexity index is 1110. The third-order valence-corrected chi connectivity index (χ3v) is 6.59. The minimum Gasteiger partial charge on any atom is -0.368 e. The maximum Gasteiger partial charge on any atom is 0.416 e. The number of nitrogens with zero attached hydrogens (tertiary/aromatic N) is 2. The van der Waals surface area contributed by atoms with E-state index in [1.54, 1.807) is 21.9 Å². The van der Waals surface area contributed by atoms with E-state index in [-0.39, 0.29) is 23.2 Å². The van der Waals surface area contributed by atoms with Crippen LogP contribution in [0.2, 0.25) is 0 Å². The highest BCUT2D eigenvalue weighted by Gasteiger charge is 2.32. The summed E-state index contributed by atoms with van der Waals surface area (Å²) in [5, 5.41) is 1.08. The molecule has 4 rings (SSSR count). The van der Waals surface area contributed by atoms with Gasteiger partial charge in [-0.25, -0.2) is 8.42 Å². The van der Waals surface area contributed by atoms with Crippen molar-refractivity contribution in [1.29, 1.82) is 0 Å². The number of fused-ring (bicyclic) bond motifs is 1. The minimum absolute atomic E-state index is 0. The summed E-state index contributed by atoms with van der Waals surface area (Å²) in [6.45, 7) is 1.43. The van der Waals surface area contributed by atoms with Crippen LogP contribution in [0.1, 0.15) is 21.5 Å². The zero-order valence-electron chi connectivity index (χ0n) is 15.6. The van der Waals surface area contributed by atoms with Gasteiger partial charge in [0.1, 0.15) is 0 Å². The molecule has 2 aliphatic heterocycles.